The molecule has 0 aromatic carbocycles. The van der Waals surface area contributed by atoms with Gasteiger partial charge in [0.1, 0.15) is 18.2 Å². The van der Waals surface area contributed by atoms with Crippen molar-refractivity contribution in [3.05, 3.63) is 36.4 Å². The maximum atomic E-state index is 12.5. The Bertz CT molecular complexity index is 742. The van der Waals surface area contributed by atoms with E-state index in [1.807, 2.05) is 43.5 Å². The molecule has 2 rings (SSSR count). The van der Waals surface area contributed by atoms with Gasteiger partial charge in [0.2, 0.25) is 0 Å². The maximum absolute atomic E-state index is 12.5. The third kappa shape index (κ3) is 5.25. The van der Waals surface area contributed by atoms with Gasteiger partial charge in [0.05, 0.1) is 19.6 Å². The first-order valence-electron chi connectivity index (χ1n) is 8.10. The van der Waals surface area contributed by atoms with Crippen molar-refractivity contribution in [3.63, 3.8) is 0 Å². The van der Waals surface area contributed by atoms with Crippen molar-refractivity contribution in [2.45, 2.75) is 40.4 Å². The summed E-state index contributed by atoms with van der Waals surface area (Å²) in [4.78, 5) is 34.0. The molecule has 2 aromatic heterocycles. The average molecular weight is 347 g/mol. The van der Waals surface area contributed by atoms with Crippen LogP contribution in [0.4, 0.5) is 0 Å². The summed E-state index contributed by atoms with van der Waals surface area (Å²) in [6.45, 7) is 6.61. The third-order valence-electron chi connectivity index (χ3n) is 3.96. The van der Waals surface area contributed by atoms with Crippen molar-refractivity contribution in [2.24, 2.45) is 12.5 Å². The minimum Gasteiger partial charge on any atom is -0.480 e. The van der Waals surface area contributed by atoms with Crippen molar-refractivity contribution in [2.75, 3.05) is 6.54 Å². The van der Waals surface area contributed by atoms with E-state index in [0.717, 1.165) is 5.82 Å². The summed E-state index contributed by atoms with van der Waals surface area (Å²) in [6, 6.07) is 0. The Balaban J connectivity index is 2.19. The number of carboxylic acid groups (broad SMARTS) is 1. The van der Waals surface area contributed by atoms with E-state index in [2.05, 4.69) is 9.97 Å². The minimum absolute atomic E-state index is 0.109. The lowest BCUT2D eigenvalue weighted by atomic mass is 9.90. The predicted molar refractivity (Wildman–Crippen MR) is 91.6 cm³/mol. The summed E-state index contributed by atoms with van der Waals surface area (Å²) < 4.78 is 3.48. The van der Waals surface area contributed by atoms with E-state index in [1.54, 1.807) is 23.2 Å². The zero-order valence-electron chi connectivity index (χ0n) is 15.1. The van der Waals surface area contributed by atoms with Gasteiger partial charge < -0.3 is 14.2 Å². The second-order valence-corrected chi connectivity index (χ2v) is 7.14. The number of hydrogen-bond acceptors (Lipinski definition) is 5. The molecule has 0 bridgehead atoms. The molecule has 0 atom stereocenters. The van der Waals surface area contributed by atoms with E-state index in [1.165, 1.54) is 0 Å². The summed E-state index contributed by atoms with van der Waals surface area (Å²) >= 11 is 0. The number of Topliss-reactive ketones (excluding diaryl/α,β-unsaturated/α-hetero) is 1. The number of aromatic nitrogens is 4. The molecular weight excluding hydrogens is 322 g/mol. The lowest BCUT2D eigenvalue weighted by Gasteiger charge is -2.25. The zero-order chi connectivity index (χ0) is 18.6. The first-order chi connectivity index (χ1) is 11.7. The van der Waals surface area contributed by atoms with Gasteiger partial charge in [-0.3, -0.25) is 14.5 Å². The number of ketones is 1. The molecule has 8 heteroatoms. The Hall–Kier alpha value is -2.48. The monoisotopic (exact) mass is 347 g/mol. The van der Waals surface area contributed by atoms with E-state index in [4.69, 9.17) is 5.11 Å². The molecule has 0 radical (unpaired) electrons. The van der Waals surface area contributed by atoms with Crippen LogP contribution >= 0.6 is 0 Å². The molecule has 136 valence electrons. The topological polar surface area (TPSA) is 93.3 Å². The number of imidazole rings is 2. The van der Waals surface area contributed by atoms with Crippen molar-refractivity contribution in [1.82, 2.24) is 24.0 Å². The number of carbonyl (C=O) groups excluding carboxylic acids is 1. The standard InChI is InChI=1S/C17H25N5O3/c1-17(2,3)13(23)9-21(10-14-18-5-7-20(14)4)11-15-19-6-8-22(15)12-16(24)25/h5-8H,9-12H2,1-4H3,(H,24,25). The number of aliphatic carboxylic acids is 1. The summed E-state index contributed by atoms with van der Waals surface area (Å²) in [5.41, 5.74) is -0.448. The smallest absolute Gasteiger partial charge is 0.323 e. The highest BCUT2D eigenvalue weighted by Crippen LogP contribution is 2.17. The Morgan fingerprint density at radius 1 is 1.12 bits per heavy atom. The molecule has 0 fully saturated rings. The Morgan fingerprint density at radius 2 is 1.72 bits per heavy atom. The fourth-order valence-electron chi connectivity index (χ4n) is 2.34. The van der Waals surface area contributed by atoms with Crippen molar-refractivity contribution in [3.8, 4) is 0 Å². The van der Waals surface area contributed by atoms with Gasteiger partial charge in [-0.05, 0) is 0 Å². The molecule has 0 spiro atoms. The molecule has 8 nitrogen and oxygen atoms in total. The van der Waals surface area contributed by atoms with Crippen LogP contribution in [-0.2, 0) is 36.3 Å². The number of rotatable bonds is 8. The van der Waals surface area contributed by atoms with Gasteiger partial charge in [-0.2, -0.15) is 0 Å². The van der Waals surface area contributed by atoms with Crippen LogP contribution in [-0.4, -0.2) is 47.4 Å². The highest BCUT2D eigenvalue weighted by Gasteiger charge is 2.25. The molecule has 0 unspecified atom stereocenters. The lowest BCUT2D eigenvalue weighted by Crippen LogP contribution is -2.36. The first-order valence-corrected chi connectivity index (χ1v) is 8.10. The molecule has 0 aliphatic heterocycles. The molecular formula is C17H25N5O3. The van der Waals surface area contributed by atoms with Gasteiger partial charge >= 0.3 is 5.97 Å². The Morgan fingerprint density at radius 3 is 2.28 bits per heavy atom. The highest BCUT2D eigenvalue weighted by molar-refractivity contribution is 5.85. The lowest BCUT2D eigenvalue weighted by molar-refractivity contribution is -0.137. The highest BCUT2D eigenvalue weighted by atomic mass is 16.4. The van der Waals surface area contributed by atoms with Gasteiger partial charge in [0, 0.05) is 37.3 Å². The molecule has 2 aromatic rings. The minimum atomic E-state index is -0.930. The summed E-state index contributed by atoms with van der Waals surface area (Å²) in [5.74, 6) is 0.620. The summed E-state index contributed by atoms with van der Waals surface area (Å²) in [7, 11) is 1.90. The maximum Gasteiger partial charge on any atom is 0.323 e. The van der Waals surface area contributed by atoms with Crippen molar-refractivity contribution < 1.29 is 14.7 Å². The van der Waals surface area contributed by atoms with Crippen LogP contribution in [0.5, 0.6) is 0 Å². The number of hydrogen-bond donors (Lipinski definition) is 1. The molecule has 25 heavy (non-hydrogen) atoms. The van der Waals surface area contributed by atoms with Crippen LogP contribution in [0.3, 0.4) is 0 Å². The predicted octanol–water partition coefficient (Wildman–Crippen LogP) is 1.32. The van der Waals surface area contributed by atoms with Gasteiger partial charge in [0.15, 0.2) is 5.78 Å². The number of carbonyl (C=O) groups is 2. The zero-order valence-corrected chi connectivity index (χ0v) is 15.1. The van der Waals surface area contributed by atoms with E-state index in [0.29, 0.717) is 18.9 Å². The van der Waals surface area contributed by atoms with Crippen LogP contribution in [0, 0.1) is 5.41 Å². The third-order valence-corrected chi connectivity index (χ3v) is 3.96. The van der Waals surface area contributed by atoms with Gasteiger partial charge in [-0.15, -0.1) is 0 Å². The molecule has 0 saturated carbocycles. The van der Waals surface area contributed by atoms with E-state index in [9.17, 15) is 9.59 Å². The first kappa shape index (κ1) is 18.9. The quantitative estimate of drug-likeness (QED) is 0.774. The van der Waals surface area contributed by atoms with Crippen molar-refractivity contribution >= 4 is 11.8 Å². The number of carboxylic acids is 1. The fraction of sp³-hybridized carbons (Fsp3) is 0.529. The van der Waals surface area contributed by atoms with Crippen LogP contribution in [0.2, 0.25) is 0 Å². The number of nitrogens with zero attached hydrogens (tertiary/aromatic N) is 5. The van der Waals surface area contributed by atoms with Crippen LogP contribution in [0.15, 0.2) is 24.8 Å². The normalized spacial score (nSPS) is 11.9. The molecule has 0 amide bonds. The van der Waals surface area contributed by atoms with Gasteiger partial charge in [-0.25, -0.2) is 9.97 Å². The second-order valence-electron chi connectivity index (χ2n) is 7.14. The van der Waals surface area contributed by atoms with Crippen LogP contribution < -0.4 is 0 Å². The van der Waals surface area contributed by atoms with E-state index < -0.39 is 11.4 Å². The SMILES string of the molecule is Cn1ccnc1CN(CC(=O)C(C)(C)C)Cc1nccn1CC(=O)O. The van der Waals surface area contributed by atoms with E-state index >= 15 is 0 Å². The average Bonchev–Trinajstić information content (AvgIpc) is 3.07. The van der Waals surface area contributed by atoms with Crippen LogP contribution in [0.1, 0.15) is 32.4 Å². The largest absolute Gasteiger partial charge is 0.480 e. The molecule has 0 aliphatic carbocycles. The van der Waals surface area contributed by atoms with Gasteiger partial charge in [0.25, 0.3) is 0 Å². The molecule has 0 saturated heterocycles. The van der Waals surface area contributed by atoms with Gasteiger partial charge in [-0.1, -0.05) is 20.8 Å². The second kappa shape index (κ2) is 7.60. The fourth-order valence-corrected chi connectivity index (χ4v) is 2.34. The van der Waals surface area contributed by atoms with E-state index in [-0.39, 0.29) is 18.9 Å². The number of aryl methyl sites for hydroxylation is 1. The molecule has 2 heterocycles. The summed E-state index contributed by atoms with van der Waals surface area (Å²) in [6.07, 6.45) is 6.77. The molecule has 1 N–H and O–H groups in total. The Kier molecular flexibility index (Phi) is 5.73. The Labute approximate surface area is 147 Å². The van der Waals surface area contributed by atoms with Crippen LogP contribution in [0.25, 0.3) is 0 Å². The molecule has 0 aliphatic rings. The van der Waals surface area contributed by atoms with Crippen molar-refractivity contribution in [1.29, 1.82) is 0 Å². The summed E-state index contributed by atoms with van der Waals surface area (Å²) in [5, 5.41) is 9.01.